The highest BCUT2D eigenvalue weighted by atomic mass is 16.5. The molecule has 0 aliphatic carbocycles. The summed E-state index contributed by atoms with van der Waals surface area (Å²) >= 11 is 0. The van der Waals surface area contributed by atoms with Gasteiger partial charge in [0.1, 0.15) is 0 Å². The molecule has 0 saturated heterocycles. The van der Waals surface area contributed by atoms with E-state index in [4.69, 9.17) is 5.11 Å². The molecule has 0 bridgehead atoms. The smallest absolute Gasteiger partial charge is 0.306 e. The van der Waals surface area contributed by atoms with Gasteiger partial charge in [-0.2, -0.15) is 0 Å². The molecule has 17 heavy (non-hydrogen) atoms. The van der Waals surface area contributed by atoms with Gasteiger partial charge in [-0.1, -0.05) is 0 Å². The van der Waals surface area contributed by atoms with Crippen LogP contribution in [0.1, 0.15) is 32.1 Å². The van der Waals surface area contributed by atoms with E-state index in [1.165, 1.54) is 14.2 Å². The Labute approximate surface area is 99.9 Å². The number of carboxylic acid groups (broad SMARTS) is 1. The molecule has 0 amide bonds. The van der Waals surface area contributed by atoms with E-state index >= 15 is 0 Å². The maximum Gasteiger partial charge on any atom is 0.306 e. The lowest BCUT2D eigenvalue weighted by Gasteiger charge is -2.10. The minimum atomic E-state index is -0.959. The zero-order chi connectivity index (χ0) is 13.3. The molecule has 1 unspecified atom stereocenters. The Balaban J connectivity index is 3.95. The first-order chi connectivity index (χ1) is 8.01. The number of aliphatic carboxylic acids is 1. The summed E-state index contributed by atoms with van der Waals surface area (Å²) < 4.78 is 8.88. The number of rotatable bonds is 8. The monoisotopic (exact) mass is 246 g/mol. The summed E-state index contributed by atoms with van der Waals surface area (Å²) in [6, 6.07) is 0. The molecule has 0 fully saturated rings. The zero-order valence-corrected chi connectivity index (χ0v) is 10.1. The van der Waals surface area contributed by atoms with Crippen molar-refractivity contribution in [3.8, 4) is 0 Å². The average molecular weight is 246 g/mol. The molecule has 0 spiro atoms. The highest BCUT2D eigenvalue weighted by Gasteiger charge is 2.19. The highest BCUT2D eigenvalue weighted by Crippen LogP contribution is 2.16. The first kappa shape index (κ1) is 15.4. The third kappa shape index (κ3) is 7.32. The number of carboxylic acids is 1. The van der Waals surface area contributed by atoms with Crippen LogP contribution in [0.5, 0.6) is 0 Å². The Morgan fingerprint density at radius 1 is 1.00 bits per heavy atom. The second-order valence-electron chi connectivity index (χ2n) is 3.62. The van der Waals surface area contributed by atoms with Crippen molar-refractivity contribution in [1.82, 2.24) is 0 Å². The van der Waals surface area contributed by atoms with Gasteiger partial charge in [-0.3, -0.25) is 14.4 Å². The van der Waals surface area contributed by atoms with Crippen molar-refractivity contribution >= 4 is 17.9 Å². The molecule has 0 aliphatic heterocycles. The van der Waals surface area contributed by atoms with E-state index in [0.29, 0.717) is 12.8 Å². The average Bonchev–Trinajstić information content (AvgIpc) is 2.31. The van der Waals surface area contributed by atoms with Crippen LogP contribution in [0.25, 0.3) is 0 Å². The molecule has 0 radical (unpaired) electrons. The molecule has 0 aromatic carbocycles. The predicted octanol–water partition coefficient (Wildman–Crippen LogP) is 0.984. The molecule has 0 heterocycles. The largest absolute Gasteiger partial charge is 0.481 e. The van der Waals surface area contributed by atoms with Crippen LogP contribution in [-0.4, -0.2) is 37.2 Å². The number of hydrogen-bond acceptors (Lipinski definition) is 5. The first-order valence-corrected chi connectivity index (χ1v) is 5.37. The minimum absolute atomic E-state index is 0.0751. The number of carbonyl (C=O) groups excluding carboxylic acids is 2. The van der Waals surface area contributed by atoms with Gasteiger partial charge in [0.2, 0.25) is 0 Å². The second kappa shape index (κ2) is 8.55. The standard InChI is InChI=1S/C11H18O6/c1-16-9(12)5-3-4-8(11(14)15)6-7-10(13)17-2/h8H,3-7H2,1-2H3,(H,14,15). The molecular weight excluding hydrogens is 228 g/mol. The van der Waals surface area contributed by atoms with Crippen molar-refractivity contribution in [2.24, 2.45) is 5.92 Å². The van der Waals surface area contributed by atoms with E-state index < -0.39 is 17.9 Å². The number of carbonyl (C=O) groups is 3. The van der Waals surface area contributed by atoms with Crippen LogP contribution in [-0.2, 0) is 23.9 Å². The van der Waals surface area contributed by atoms with Crippen LogP contribution < -0.4 is 0 Å². The fourth-order valence-electron chi connectivity index (χ4n) is 1.38. The molecule has 98 valence electrons. The predicted molar refractivity (Wildman–Crippen MR) is 58.2 cm³/mol. The van der Waals surface area contributed by atoms with Crippen molar-refractivity contribution in [3.63, 3.8) is 0 Å². The summed E-state index contributed by atoms with van der Waals surface area (Å²) in [5.74, 6) is -2.37. The van der Waals surface area contributed by atoms with Gasteiger partial charge in [0.05, 0.1) is 20.1 Å². The summed E-state index contributed by atoms with van der Waals surface area (Å²) in [6.45, 7) is 0. The van der Waals surface area contributed by atoms with Crippen LogP contribution in [0, 0.1) is 5.92 Å². The zero-order valence-electron chi connectivity index (χ0n) is 10.1. The Morgan fingerprint density at radius 2 is 1.53 bits per heavy atom. The lowest BCUT2D eigenvalue weighted by Crippen LogP contribution is -2.16. The van der Waals surface area contributed by atoms with Gasteiger partial charge in [-0.25, -0.2) is 0 Å². The summed E-state index contributed by atoms with van der Waals surface area (Å²) in [5.41, 5.74) is 0. The maximum atomic E-state index is 10.9. The van der Waals surface area contributed by atoms with E-state index in [2.05, 4.69) is 9.47 Å². The number of hydrogen-bond donors (Lipinski definition) is 1. The molecule has 0 aromatic rings. The van der Waals surface area contributed by atoms with Gasteiger partial charge in [0.25, 0.3) is 0 Å². The highest BCUT2D eigenvalue weighted by molar-refractivity contribution is 5.73. The van der Waals surface area contributed by atoms with Crippen molar-refractivity contribution in [2.45, 2.75) is 32.1 Å². The molecule has 0 aliphatic rings. The van der Waals surface area contributed by atoms with Crippen LogP contribution in [0.3, 0.4) is 0 Å². The molecule has 6 nitrogen and oxygen atoms in total. The third-order valence-electron chi connectivity index (χ3n) is 2.43. The van der Waals surface area contributed by atoms with Crippen LogP contribution >= 0.6 is 0 Å². The fourth-order valence-corrected chi connectivity index (χ4v) is 1.38. The number of ether oxygens (including phenoxy) is 2. The molecule has 1 N–H and O–H groups in total. The lowest BCUT2D eigenvalue weighted by molar-refractivity contribution is -0.145. The number of esters is 2. The van der Waals surface area contributed by atoms with E-state index in [9.17, 15) is 14.4 Å². The van der Waals surface area contributed by atoms with Gasteiger partial charge in [-0.05, 0) is 19.3 Å². The summed E-state index contributed by atoms with van der Waals surface area (Å²) in [7, 11) is 2.55. The van der Waals surface area contributed by atoms with Crippen molar-refractivity contribution in [1.29, 1.82) is 0 Å². The van der Waals surface area contributed by atoms with Gasteiger partial charge < -0.3 is 14.6 Å². The van der Waals surface area contributed by atoms with E-state index in [1.54, 1.807) is 0 Å². The van der Waals surface area contributed by atoms with Crippen molar-refractivity contribution < 1.29 is 29.0 Å². The third-order valence-corrected chi connectivity index (χ3v) is 2.43. The van der Waals surface area contributed by atoms with Crippen LogP contribution in [0.2, 0.25) is 0 Å². The molecule has 1 atom stereocenters. The van der Waals surface area contributed by atoms with Gasteiger partial charge in [-0.15, -0.1) is 0 Å². The summed E-state index contributed by atoms with van der Waals surface area (Å²) in [4.78, 5) is 32.6. The normalized spacial score (nSPS) is 11.6. The van der Waals surface area contributed by atoms with E-state index in [1.807, 2.05) is 0 Å². The Morgan fingerprint density at radius 3 is 2.00 bits per heavy atom. The van der Waals surface area contributed by atoms with Gasteiger partial charge in [0, 0.05) is 12.8 Å². The minimum Gasteiger partial charge on any atom is -0.481 e. The van der Waals surface area contributed by atoms with Gasteiger partial charge in [0.15, 0.2) is 0 Å². The maximum absolute atomic E-state index is 10.9. The SMILES string of the molecule is COC(=O)CCCC(CCC(=O)OC)C(=O)O. The molecule has 6 heteroatoms. The number of methoxy groups -OCH3 is 2. The molecule has 0 aromatic heterocycles. The van der Waals surface area contributed by atoms with Crippen molar-refractivity contribution in [3.05, 3.63) is 0 Å². The van der Waals surface area contributed by atoms with Gasteiger partial charge >= 0.3 is 17.9 Å². The fraction of sp³-hybridized carbons (Fsp3) is 0.727. The molecule has 0 rings (SSSR count). The Bertz CT molecular complexity index is 273. The molecule has 0 saturated carbocycles. The Hall–Kier alpha value is -1.59. The summed E-state index contributed by atoms with van der Waals surface area (Å²) in [6.07, 6.45) is 1.28. The van der Waals surface area contributed by atoms with Crippen LogP contribution in [0.15, 0.2) is 0 Å². The summed E-state index contributed by atoms with van der Waals surface area (Å²) in [5, 5.41) is 8.91. The lowest BCUT2D eigenvalue weighted by atomic mass is 9.97. The molecular formula is C11H18O6. The first-order valence-electron chi connectivity index (χ1n) is 5.37. The Kier molecular flexibility index (Phi) is 7.75. The quantitative estimate of drug-likeness (QED) is 0.642. The van der Waals surface area contributed by atoms with Crippen LogP contribution in [0.4, 0.5) is 0 Å². The van der Waals surface area contributed by atoms with E-state index in [0.717, 1.165) is 0 Å². The second-order valence-corrected chi connectivity index (χ2v) is 3.62. The topological polar surface area (TPSA) is 89.9 Å². The van der Waals surface area contributed by atoms with E-state index in [-0.39, 0.29) is 25.2 Å². The van der Waals surface area contributed by atoms with Crippen molar-refractivity contribution in [2.75, 3.05) is 14.2 Å².